The minimum atomic E-state index is -1.29. The van der Waals surface area contributed by atoms with Crippen molar-refractivity contribution in [2.45, 2.75) is 45.4 Å². The van der Waals surface area contributed by atoms with E-state index in [9.17, 15) is 9.59 Å². The summed E-state index contributed by atoms with van der Waals surface area (Å²) in [5, 5.41) is 20.1. The molecule has 1 amide bonds. The Bertz CT molecular complexity index is 253. The molecule has 0 radical (unpaired) electrons. The first-order chi connectivity index (χ1) is 7.25. The lowest BCUT2D eigenvalue weighted by Crippen LogP contribution is -2.49. The molecule has 0 bridgehead atoms. The molecule has 0 aliphatic heterocycles. The van der Waals surface area contributed by atoms with Gasteiger partial charge in [0.2, 0.25) is 5.91 Å². The van der Waals surface area contributed by atoms with Gasteiger partial charge in [-0.05, 0) is 12.8 Å². The van der Waals surface area contributed by atoms with E-state index in [0.29, 0.717) is 0 Å². The third-order valence-electron chi connectivity index (χ3n) is 2.34. The summed E-state index contributed by atoms with van der Waals surface area (Å²) in [6.45, 7) is 5.06. The van der Waals surface area contributed by atoms with Crippen molar-refractivity contribution in [2.75, 3.05) is 0 Å². The van der Waals surface area contributed by atoms with E-state index in [1.807, 2.05) is 13.8 Å². The number of aliphatic hydroxyl groups is 1. The van der Waals surface area contributed by atoms with Gasteiger partial charge in [-0.2, -0.15) is 0 Å². The van der Waals surface area contributed by atoms with Crippen molar-refractivity contribution in [3.05, 3.63) is 0 Å². The number of carbonyl (C=O) groups is 2. The second kappa shape index (κ2) is 6.44. The first-order valence-electron chi connectivity index (χ1n) is 5.21. The number of aliphatic hydroxyl groups excluding tert-OH is 1. The lowest BCUT2D eigenvalue weighted by Gasteiger charge is -2.19. The fourth-order valence-electron chi connectivity index (χ4n) is 1.07. The first-order valence-corrected chi connectivity index (χ1v) is 5.21. The van der Waals surface area contributed by atoms with Crippen LogP contribution in [-0.4, -0.2) is 40.3 Å². The van der Waals surface area contributed by atoms with Gasteiger partial charge in [0.25, 0.3) is 0 Å². The molecule has 0 spiro atoms. The summed E-state index contributed by atoms with van der Waals surface area (Å²) in [7, 11) is 0. The Balaban J connectivity index is 4.26. The zero-order chi connectivity index (χ0) is 12.9. The minimum absolute atomic E-state index is 0.0498. The van der Waals surface area contributed by atoms with Crippen molar-refractivity contribution < 1.29 is 19.8 Å². The smallest absolute Gasteiger partial charge is 0.328 e. The molecule has 3 unspecified atom stereocenters. The molecule has 0 aromatic rings. The van der Waals surface area contributed by atoms with Crippen LogP contribution in [0.1, 0.15) is 27.2 Å². The molecule has 16 heavy (non-hydrogen) atoms. The number of carboxylic acids is 1. The van der Waals surface area contributed by atoms with E-state index >= 15 is 0 Å². The zero-order valence-electron chi connectivity index (χ0n) is 9.80. The van der Waals surface area contributed by atoms with E-state index in [1.165, 1.54) is 6.92 Å². The molecule has 0 aliphatic rings. The fourth-order valence-corrected chi connectivity index (χ4v) is 1.07. The van der Waals surface area contributed by atoms with E-state index in [-0.39, 0.29) is 18.4 Å². The van der Waals surface area contributed by atoms with Gasteiger partial charge in [-0.15, -0.1) is 0 Å². The van der Waals surface area contributed by atoms with Gasteiger partial charge in [-0.25, -0.2) is 4.79 Å². The molecule has 5 N–H and O–H groups in total. The summed E-state index contributed by atoms with van der Waals surface area (Å²) in [5.41, 5.74) is 5.67. The molecular formula is C10H20N2O4. The summed E-state index contributed by atoms with van der Waals surface area (Å²) >= 11 is 0. The normalized spacial score (nSPS) is 16.6. The quantitative estimate of drug-likeness (QED) is 0.484. The van der Waals surface area contributed by atoms with Crippen molar-refractivity contribution in [2.24, 2.45) is 11.7 Å². The average molecular weight is 232 g/mol. The number of rotatable bonds is 6. The van der Waals surface area contributed by atoms with Gasteiger partial charge >= 0.3 is 5.97 Å². The number of carboxylic acid groups (broad SMARTS) is 1. The number of carbonyl (C=O) groups excluding carboxylic acids is 1. The third-order valence-corrected chi connectivity index (χ3v) is 2.34. The monoisotopic (exact) mass is 232 g/mol. The molecule has 0 aromatic carbocycles. The molecule has 6 heteroatoms. The van der Waals surface area contributed by atoms with Crippen molar-refractivity contribution in [3.63, 3.8) is 0 Å². The van der Waals surface area contributed by atoms with Crippen LogP contribution in [0.3, 0.4) is 0 Å². The highest BCUT2D eigenvalue weighted by Gasteiger charge is 2.25. The number of aliphatic carboxylic acids is 1. The van der Waals surface area contributed by atoms with Crippen LogP contribution in [0.5, 0.6) is 0 Å². The number of nitrogens with one attached hydrogen (secondary N) is 1. The van der Waals surface area contributed by atoms with Crippen molar-refractivity contribution in [3.8, 4) is 0 Å². The van der Waals surface area contributed by atoms with Gasteiger partial charge in [0.15, 0.2) is 6.04 Å². The highest BCUT2D eigenvalue weighted by Crippen LogP contribution is 2.03. The number of hydrogen-bond acceptors (Lipinski definition) is 4. The average Bonchev–Trinajstić information content (AvgIpc) is 2.12. The van der Waals surface area contributed by atoms with Gasteiger partial charge in [-0.3, -0.25) is 4.79 Å². The Morgan fingerprint density at radius 1 is 1.31 bits per heavy atom. The largest absolute Gasteiger partial charge is 0.480 e. The molecule has 3 atom stereocenters. The van der Waals surface area contributed by atoms with Crippen LogP contribution in [0, 0.1) is 5.92 Å². The highest BCUT2D eigenvalue weighted by atomic mass is 16.4. The van der Waals surface area contributed by atoms with E-state index in [2.05, 4.69) is 5.32 Å². The van der Waals surface area contributed by atoms with Crippen LogP contribution in [0.4, 0.5) is 0 Å². The fraction of sp³-hybridized carbons (Fsp3) is 0.800. The molecular weight excluding hydrogens is 212 g/mol. The van der Waals surface area contributed by atoms with Crippen LogP contribution >= 0.6 is 0 Å². The summed E-state index contributed by atoms with van der Waals surface area (Å²) in [6.07, 6.45) is -1.09. The second-order valence-electron chi connectivity index (χ2n) is 4.24. The Labute approximate surface area is 94.8 Å². The predicted molar refractivity (Wildman–Crippen MR) is 58.7 cm³/mol. The number of hydrogen-bond donors (Lipinski definition) is 4. The van der Waals surface area contributed by atoms with Crippen LogP contribution in [0.2, 0.25) is 0 Å². The lowest BCUT2D eigenvalue weighted by molar-refractivity contribution is -0.144. The summed E-state index contributed by atoms with van der Waals surface area (Å²) < 4.78 is 0. The summed E-state index contributed by atoms with van der Waals surface area (Å²) in [4.78, 5) is 22.1. The van der Waals surface area contributed by atoms with Crippen LogP contribution in [0.25, 0.3) is 0 Å². The van der Waals surface area contributed by atoms with E-state index in [0.717, 1.165) is 0 Å². The van der Waals surface area contributed by atoms with Gasteiger partial charge in [0, 0.05) is 12.5 Å². The Kier molecular flexibility index (Phi) is 5.98. The Morgan fingerprint density at radius 2 is 1.81 bits per heavy atom. The molecule has 0 rings (SSSR count). The van der Waals surface area contributed by atoms with Crippen LogP contribution in [0.15, 0.2) is 0 Å². The van der Waals surface area contributed by atoms with Gasteiger partial charge in [-0.1, -0.05) is 13.8 Å². The van der Waals surface area contributed by atoms with Crippen molar-refractivity contribution in [1.29, 1.82) is 0 Å². The minimum Gasteiger partial charge on any atom is -0.480 e. The molecule has 0 aromatic heterocycles. The molecule has 0 saturated carbocycles. The van der Waals surface area contributed by atoms with E-state index in [4.69, 9.17) is 15.9 Å². The Morgan fingerprint density at radius 3 is 2.12 bits per heavy atom. The molecule has 0 heterocycles. The van der Waals surface area contributed by atoms with E-state index < -0.39 is 24.0 Å². The molecule has 0 fully saturated rings. The van der Waals surface area contributed by atoms with Crippen LogP contribution in [-0.2, 0) is 9.59 Å². The van der Waals surface area contributed by atoms with Gasteiger partial charge in [0.05, 0.1) is 6.10 Å². The topological polar surface area (TPSA) is 113 Å². The third kappa shape index (κ3) is 5.09. The van der Waals surface area contributed by atoms with Crippen LogP contribution < -0.4 is 11.1 Å². The molecule has 0 saturated heterocycles. The maximum absolute atomic E-state index is 11.4. The second-order valence-corrected chi connectivity index (χ2v) is 4.24. The van der Waals surface area contributed by atoms with Crippen molar-refractivity contribution in [1.82, 2.24) is 5.32 Å². The molecule has 0 aliphatic carbocycles. The SMILES string of the molecule is CC(C)C(N)CC(=O)NC(C(=O)O)C(C)O. The van der Waals surface area contributed by atoms with Gasteiger partial charge < -0.3 is 21.3 Å². The van der Waals surface area contributed by atoms with Crippen molar-refractivity contribution >= 4 is 11.9 Å². The molecule has 6 nitrogen and oxygen atoms in total. The maximum atomic E-state index is 11.4. The lowest BCUT2D eigenvalue weighted by atomic mass is 10.0. The first kappa shape index (κ1) is 14.9. The standard InChI is InChI=1S/C10H20N2O4/c1-5(2)7(11)4-8(14)12-9(6(3)13)10(15)16/h5-7,9,13H,4,11H2,1-3H3,(H,12,14)(H,15,16). The predicted octanol–water partition coefficient (Wildman–Crippen LogP) is -0.690. The zero-order valence-corrected chi connectivity index (χ0v) is 9.80. The van der Waals surface area contributed by atoms with Gasteiger partial charge in [0.1, 0.15) is 0 Å². The molecule has 94 valence electrons. The summed E-state index contributed by atoms with van der Waals surface area (Å²) in [6, 6.07) is -1.60. The highest BCUT2D eigenvalue weighted by molar-refractivity contribution is 5.84. The maximum Gasteiger partial charge on any atom is 0.328 e. The van der Waals surface area contributed by atoms with E-state index in [1.54, 1.807) is 0 Å². The Hall–Kier alpha value is -1.14. The number of nitrogens with two attached hydrogens (primary N) is 1. The summed E-state index contributed by atoms with van der Waals surface area (Å²) in [5.74, 6) is -1.59. The number of amides is 1.